The van der Waals surface area contributed by atoms with E-state index in [0.29, 0.717) is 17.7 Å². The molecule has 0 atom stereocenters. The van der Waals surface area contributed by atoms with Crippen LogP contribution in [0.4, 0.5) is 0 Å². The summed E-state index contributed by atoms with van der Waals surface area (Å²) >= 11 is 0. The van der Waals surface area contributed by atoms with E-state index in [1.165, 1.54) is 5.56 Å². The van der Waals surface area contributed by atoms with Gasteiger partial charge < -0.3 is 15.2 Å². The molecule has 0 aliphatic carbocycles. The quantitative estimate of drug-likeness (QED) is 0.633. The summed E-state index contributed by atoms with van der Waals surface area (Å²) in [6, 6.07) is 13.4. The van der Waals surface area contributed by atoms with Crippen molar-refractivity contribution in [3.05, 3.63) is 64.2 Å². The highest BCUT2D eigenvalue weighted by Crippen LogP contribution is 2.05. The van der Waals surface area contributed by atoms with E-state index in [2.05, 4.69) is 37.3 Å². The second-order valence-corrected chi connectivity index (χ2v) is 5.65. The average Bonchev–Trinajstić information content (AvgIpc) is 2.94. The van der Waals surface area contributed by atoms with Gasteiger partial charge in [-0.25, -0.2) is 9.78 Å². The molecule has 7 heteroatoms. The standard InChI is InChI=1S/C17H19N5O2/c1-22(11-12-5-3-2-4-6-12)10-9-18-16(23)14-8-7-13-15(19-14)21-17(24)20-13/h2-8H,9-11H2,1H3,(H,18,23)(H2,19,20,21,24). The molecule has 7 nitrogen and oxygen atoms in total. The van der Waals surface area contributed by atoms with Gasteiger partial charge in [0.2, 0.25) is 0 Å². The van der Waals surface area contributed by atoms with Gasteiger partial charge >= 0.3 is 5.69 Å². The summed E-state index contributed by atoms with van der Waals surface area (Å²) < 4.78 is 0. The summed E-state index contributed by atoms with van der Waals surface area (Å²) in [5, 5.41) is 2.84. The maximum Gasteiger partial charge on any atom is 0.325 e. The van der Waals surface area contributed by atoms with Crippen molar-refractivity contribution in [2.24, 2.45) is 0 Å². The molecule has 3 N–H and O–H groups in total. The Bertz CT molecular complexity index is 885. The van der Waals surface area contributed by atoms with E-state index in [9.17, 15) is 9.59 Å². The molecule has 0 spiro atoms. The van der Waals surface area contributed by atoms with Gasteiger partial charge in [-0.1, -0.05) is 30.3 Å². The maximum absolute atomic E-state index is 12.1. The van der Waals surface area contributed by atoms with Gasteiger partial charge in [-0.15, -0.1) is 0 Å². The third kappa shape index (κ3) is 3.88. The number of H-pyrrole nitrogens is 2. The second-order valence-electron chi connectivity index (χ2n) is 5.65. The molecule has 124 valence electrons. The van der Waals surface area contributed by atoms with Crippen molar-refractivity contribution in [2.45, 2.75) is 6.54 Å². The molecule has 1 amide bonds. The van der Waals surface area contributed by atoms with Gasteiger partial charge in [0.05, 0.1) is 5.52 Å². The van der Waals surface area contributed by atoms with Gasteiger partial charge in [0, 0.05) is 19.6 Å². The first-order valence-corrected chi connectivity index (χ1v) is 7.71. The van der Waals surface area contributed by atoms with Crippen LogP contribution in [0.25, 0.3) is 11.2 Å². The van der Waals surface area contributed by atoms with E-state index in [1.807, 2.05) is 25.2 Å². The summed E-state index contributed by atoms with van der Waals surface area (Å²) in [5.74, 6) is -0.257. The summed E-state index contributed by atoms with van der Waals surface area (Å²) in [6.45, 7) is 2.07. The van der Waals surface area contributed by atoms with E-state index in [1.54, 1.807) is 12.1 Å². The molecule has 2 aromatic heterocycles. The Labute approximate surface area is 138 Å². The van der Waals surface area contributed by atoms with Crippen LogP contribution in [0.5, 0.6) is 0 Å². The van der Waals surface area contributed by atoms with Crippen molar-refractivity contribution in [3.63, 3.8) is 0 Å². The highest BCUT2D eigenvalue weighted by molar-refractivity contribution is 5.93. The minimum Gasteiger partial charge on any atom is -0.349 e. The molecule has 0 radical (unpaired) electrons. The van der Waals surface area contributed by atoms with E-state index < -0.39 is 0 Å². The minimum absolute atomic E-state index is 0.257. The first-order chi connectivity index (χ1) is 11.6. The van der Waals surface area contributed by atoms with Crippen LogP contribution in [0.15, 0.2) is 47.3 Å². The molecule has 0 fully saturated rings. The lowest BCUT2D eigenvalue weighted by atomic mass is 10.2. The molecule has 0 saturated heterocycles. The van der Waals surface area contributed by atoms with E-state index in [4.69, 9.17) is 0 Å². The number of hydrogen-bond donors (Lipinski definition) is 3. The smallest absolute Gasteiger partial charge is 0.325 e. The predicted molar refractivity (Wildman–Crippen MR) is 91.8 cm³/mol. The molecule has 0 saturated carbocycles. The van der Waals surface area contributed by atoms with Gasteiger partial charge in [-0.3, -0.25) is 9.78 Å². The maximum atomic E-state index is 12.1. The summed E-state index contributed by atoms with van der Waals surface area (Å²) in [4.78, 5) is 34.8. The number of benzene rings is 1. The van der Waals surface area contributed by atoms with Crippen molar-refractivity contribution < 1.29 is 4.79 Å². The molecule has 3 rings (SSSR count). The summed E-state index contributed by atoms with van der Waals surface area (Å²) in [6.07, 6.45) is 0. The second kappa shape index (κ2) is 7.10. The molecule has 2 heterocycles. The Morgan fingerprint density at radius 1 is 1.17 bits per heavy atom. The zero-order chi connectivity index (χ0) is 16.9. The number of carbonyl (C=O) groups excluding carboxylic acids is 1. The number of amides is 1. The Kier molecular flexibility index (Phi) is 4.72. The van der Waals surface area contributed by atoms with Gasteiger partial charge in [0.1, 0.15) is 5.69 Å². The van der Waals surface area contributed by atoms with Crippen LogP contribution in [0.2, 0.25) is 0 Å². The largest absolute Gasteiger partial charge is 0.349 e. The molecule has 0 aliphatic heterocycles. The molecular formula is C17H19N5O2. The minimum atomic E-state index is -0.336. The summed E-state index contributed by atoms with van der Waals surface area (Å²) in [5.41, 5.74) is 2.14. The number of nitrogens with zero attached hydrogens (tertiary/aromatic N) is 2. The third-order valence-electron chi connectivity index (χ3n) is 3.68. The monoisotopic (exact) mass is 325 g/mol. The lowest BCUT2D eigenvalue weighted by Crippen LogP contribution is -2.33. The number of hydrogen-bond acceptors (Lipinski definition) is 4. The van der Waals surface area contributed by atoms with Crippen LogP contribution >= 0.6 is 0 Å². The number of aromatic amines is 2. The molecule has 24 heavy (non-hydrogen) atoms. The fourth-order valence-corrected chi connectivity index (χ4v) is 2.47. The van der Waals surface area contributed by atoms with Crippen molar-refractivity contribution >= 4 is 17.1 Å². The van der Waals surface area contributed by atoms with Gasteiger partial charge in [-0.2, -0.15) is 0 Å². The van der Waals surface area contributed by atoms with Crippen molar-refractivity contribution in [1.82, 2.24) is 25.2 Å². The van der Waals surface area contributed by atoms with Crippen LogP contribution in [-0.4, -0.2) is 45.9 Å². The average molecular weight is 325 g/mol. The number of pyridine rings is 1. The normalized spacial score (nSPS) is 11.1. The number of fused-ring (bicyclic) bond motifs is 1. The Morgan fingerprint density at radius 2 is 1.96 bits per heavy atom. The van der Waals surface area contributed by atoms with Crippen LogP contribution in [-0.2, 0) is 6.54 Å². The zero-order valence-electron chi connectivity index (χ0n) is 13.4. The molecule has 1 aromatic carbocycles. The first-order valence-electron chi connectivity index (χ1n) is 7.71. The Hall–Kier alpha value is -2.93. The fourth-order valence-electron chi connectivity index (χ4n) is 2.47. The summed E-state index contributed by atoms with van der Waals surface area (Å²) in [7, 11) is 2.01. The van der Waals surface area contributed by atoms with Crippen molar-refractivity contribution in [3.8, 4) is 0 Å². The third-order valence-corrected chi connectivity index (χ3v) is 3.68. The van der Waals surface area contributed by atoms with Crippen LogP contribution in [0.3, 0.4) is 0 Å². The molecule has 3 aromatic rings. The lowest BCUT2D eigenvalue weighted by molar-refractivity contribution is 0.0945. The number of carbonyl (C=O) groups is 1. The van der Waals surface area contributed by atoms with Gasteiger partial charge in [0.25, 0.3) is 5.91 Å². The van der Waals surface area contributed by atoms with E-state index >= 15 is 0 Å². The van der Waals surface area contributed by atoms with E-state index in [0.717, 1.165) is 13.1 Å². The molecule has 0 unspecified atom stereocenters. The van der Waals surface area contributed by atoms with Crippen molar-refractivity contribution in [2.75, 3.05) is 20.1 Å². The van der Waals surface area contributed by atoms with Gasteiger partial charge in [0.15, 0.2) is 5.65 Å². The molecule has 0 aliphatic rings. The number of imidazole rings is 1. The van der Waals surface area contributed by atoms with Crippen LogP contribution in [0.1, 0.15) is 16.1 Å². The number of likely N-dealkylation sites (N-methyl/N-ethyl adjacent to an activating group) is 1. The number of rotatable bonds is 6. The lowest BCUT2D eigenvalue weighted by Gasteiger charge is -2.16. The SMILES string of the molecule is CN(CCNC(=O)c1ccc2[nH]c(=O)[nH]c2n1)Cc1ccccc1. The Morgan fingerprint density at radius 3 is 2.75 bits per heavy atom. The van der Waals surface area contributed by atoms with Crippen LogP contribution < -0.4 is 11.0 Å². The van der Waals surface area contributed by atoms with Crippen LogP contribution in [0, 0.1) is 0 Å². The van der Waals surface area contributed by atoms with Crippen molar-refractivity contribution in [1.29, 1.82) is 0 Å². The highest BCUT2D eigenvalue weighted by atomic mass is 16.2. The zero-order valence-corrected chi connectivity index (χ0v) is 13.4. The van der Waals surface area contributed by atoms with Gasteiger partial charge in [-0.05, 0) is 24.7 Å². The number of nitrogens with one attached hydrogen (secondary N) is 3. The predicted octanol–water partition coefficient (Wildman–Crippen LogP) is 1.11. The highest BCUT2D eigenvalue weighted by Gasteiger charge is 2.09. The molecule has 0 bridgehead atoms. The first kappa shape index (κ1) is 15.9. The fraction of sp³-hybridized carbons (Fsp3) is 0.235. The van der Waals surface area contributed by atoms with E-state index in [-0.39, 0.29) is 17.3 Å². The topological polar surface area (TPSA) is 93.9 Å². The number of aromatic nitrogens is 3. The Balaban J connectivity index is 1.52. The molecular weight excluding hydrogens is 306 g/mol.